The average molecular weight is 218 g/mol. The van der Waals surface area contributed by atoms with Gasteiger partial charge in [-0.15, -0.1) is 0 Å². The average Bonchev–Trinajstić information content (AvgIpc) is 2.27. The zero-order chi connectivity index (χ0) is 12.0. The first kappa shape index (κ1) is 12.1. The number of carbonyl (C=O) groups excluding carboxylic acids is 2. The first-order valence-corrected chi connectivity index (χ1v) is 4.97. The van der Waals surface area contributed by atoms with E-state index >= 15 is 0 Å². The molecule has 0 spiro atoms. The summed E-state index contributed by atoms with van der Waals surface area (Å²) in [6, 6.07) is 9.00. The molecule has 0 aliphatic rings. The first-order chi connectivity index (χ1) is 7.59. The summed E-state index contributed by atoms with van der Waals surface area (Å²) in [6.07, 6.45) is 0.213. The molecule has 4 heteroatoms. The minimum atomic E-state index is -0.244. The molecule has 0 saturated carbocycles. The van der Waals surface area contributed by atoms with E-state index in [1.54, 1.807) is 19.1 Å². The monoisotopic (exact) mass is 218 g/mol. The van der Waals surface area contributed by atoms with Crippen molar-refractivity contribution in [2.45, 2.75) is 20.3 Å². The number of hydrogen-bond acceptors (Lipinski definition) is 3. The number of Topliss-reactive ketones (excluding diaryl/α,β-unsaturated/α-hetero) is 1. The maximum Gasteiger partial charge on any atom is 0.236 e. The van der Waals surface area contributed by atoms with Gasteiger partial charge in [0.25, 0.3) is 0 Å². The Labute approximate surface area is 94.4 Å². The number of hydrogen-bond donors (Lipinski definition) is 1. The molecule has 4 nitrogen and oxygen atoms in total. The molecule has 0 atom stereocenters. The van der Waals surface area contributed by atoms with E-state index in [2.05, 4.69) is 10.5 Å². The molecule has 1 rings (SSSR count). The van der Waals surface area contributed by atoms with Gasteiger partial charge >= 0.3 is 0 Å². The summed E-state index contributed by atoms with van der Waals surface area (Å²) >= 11 is 0. The number of benzene rings is 1. The van der Waals surface area contributed by atoms with Crippen LogP contribution in [0.2, 0.25) is 0 Å². The van der Waals surface area contributed by atoms with Gasteiger partial charge in [-0.05, 0) is 6.92 Å². The van der Waals surface area contributed by atoms with Crippen LogP contribution in [0, 0.1) is 0 Å². The second kappa shape index (κ2) is 5.80. The van der Waals surface area contributed by atoms with E-state index in [0.717, 1.165) is 0 Å². The SMILES string of the molecule is CC(=O)NN=C(C)CC(=O)c1ccccc1. The summed E-state index contributed by atoms with van der Waals surface area (Å²) in [5.41, 5.74) is 3.54. The van der Waals surface area contributed by atoms with Gasteiger partial charge in [-0.25, -0.2) is 5.43 Å². The molecular formula is C12H14N2O2. The smallest absolute Gasteiger partial charge is 0.236 e. The summed E-state index contributed by atoms with van der Waals surface area (Å²) in [5.74, 6) is -0.251. The zero-order valence-corrected chi connectivity index (χ0v) is 9.36. The minimum absolute atomic E-state index is 0.00722. The minimum Gasteiger partial charge on any atom is -0.294 e. The van der Waals surface area contributed by atoms with E-state index in [9.17, 15) is 9.59 Å². The van der Waals surface area contributed by atoms with Gasteiger partial charge in [-0.1, -0.05) is 30.3 Å². The van der Waals surface area contributed by atoms with Crippen molar-refractivity contribution in [3.63, 3.8) is 0 Å². The summed E-state index contributed by atoms with van der Waals surface area (Å²) < 4.78 is 0. The summed E-state index contributed by atoms with van der Waals surface area (Å²) in [5, 5.41) is 3.79. The lowest BCUT2D eigenvalue weighted by Gasteiger charge is -2.00. The number of amides is 1. The number of rotatable bonds is 4. The highest BCUT2D eigenvalue weighted by Crippen LogP contribution is 2.03. The highest BCUT2D eigenvalue weighted by Gasteiger charge is 2.06. The van der Waals surface area contributed by atoms with E-state index in [-0.39, 0.29) is 18.1 Å². The highest BCUT2D eigenvalue weighted by atomic mass is 16.2. The number of hydrazone groups is 1. The van der Waals surface area contributed by atoms with Crippen molar-refractivity contribution in [1.82, 2.24) is 5.43 Å². The summed E-state index contributed by atoms with van der Waals surface area (Å²) in [7, 11) is 0. The number of nitrogens with zero attached hydrogens (tertiary/aromatic N) is 1. The van der Waals surface area contributed by atoms with Crippen LogP contribution in [0.15, 0.2) is 35.4 Å². The second-order valence-corrected chi connectivity index (χ2v) is 3.48. The van der Waals surface area contributed by atoms with Crippen molar-refractivity contribution in [1.29, 1.82) is 0 Å². The molecule has 84 valence electrons. The summed E-state index contributed by atoms with van der Waals surface area (Å²) in [4.78, 5) is 22.3. The predicted molar refractivity (Wildman–Crippen MR) is 62.3 cm³/mol. The van der Waals surface area contributed by atoms with Crippen molar-refractivity contribution in [3.8, 4) is 0 Å². The Balaban J connectivity index is 2.58. The van der Waals surface area contributed by atoms with Gasteiger partial charge in [0.2, 0.25) is 5.91 Å². The quantitative estimate of drug-likeness (QED) is 0.475. The van der Waals surface area contributed by atoms with Crippen molar-refractivity contribution in [2.24, 2.45) is 5.10 Å². The molecule has 0 saturated heterocycles. The van der Waals surface area contributed by atoms with E-state index in [1.807, 2.05) is 18.2 Å². The molecule has 0 radical (unpaired) electrons. The van der Waals surface area contributed by atoms with E-state index in [0.29, 0.717) is 11.3 Å². The maximum absolute atomic E-state index is 11.7. The van der Waals surface area contributed by atoms with Crippen LogP contribution in [0.1, 0.15) is 30.6 Å². The third-order valence-electron chi connectivity index (χ3n) is 1.92. The molecule has 0 heterocycles. The van der Waals surface area contributed by atoms with E-state index < -0.39 is 0 Å². The van der Waals surface area contributed by atoms with Gasteiger partial charge < -0.3 is 0 Å². The van der Waals surface area contributed by atoms with Crippen LogP contribution < -0.4 is 5.43 Å². The third kappa shape index (κ3) is 4.04. The number of ketones is 1. The third-order valence-corrected chi connectivity index (χ3v) is 1.92. The van der Waals surface area contributed by atoms with Gasteiger partial charge in [-0.2, -0.15) is 5.10 Å². The molecule has 0 bridgehead atoms. The maximum atomic E-state index is 11.7. The first-order valence-electron chi connectivity index (χ1n) is 4.97. The lowest BCUT2D eigenvalue weighted by molar-refractivity contribution is -0.118. The Morgan fingerprint density at radius 3 is 2.38 bits per heavy atom. The molecule has 0 fully saturated rings. The van der Waals surface area contributed by atoms with Gasteiger partial charge in [0.15, 0.2) is 5.78 Å². The Kier molecular flexibility index (Phi) is 4.39. The topological polar surface area (TPSA) is 58.5 Å². The van der Waals surface area contributed by atoms with Crippen LogP contribution in [0.3, 0.4) is 0 Å². The molecule has 16 heavy (non-hydrogen) atoms. The highest BCUT2D eigenvalue weighted by molar-refractivity contribution is 6.09. The van der Waals surface area contributed by atoms with Crippen LogP contribution in [0.5, 0.6) is 0 Å². The van der Waals surface area contributed by atoms with Crippen molar-refractivity contribution in [2.75, 3.05) is 0 Å². The van der Waals surface area contributed by atoms with Crippen LogP contribution in [-0.4, -0.2) is 17.4 Å². The Morgan fingerprint density at radius 2 is 1.81 bits per heavy atom. The van der Waals surface area contributed by atoms with Gasteiger partial charge in [0.1, 0.15) is 0 Å². The molecule has 1 amide bonds. The van der Waals surface area contributed by atoms with Crippen LogP contribution in [0.4, 0.5) is 0 Å². The van der Waals surface area contributed by atoms with E-state index in [4.69, 9.17) is 0 Å². The van der Waals surface area contributed by atoms with Crippen LogP contribution in [0.25, 0.3) is 0 Å². The molecule has 1 N–H and O–H groups in total. The van der Waals surface area contributed by atoms with Gasteiger partial charge in [-0.3, -0.25) is 9.59 Å². The van der Waals surface area contributed by atoms with Crippen molar-refractivity contribution >= 4 is 17.4 Å². The lowest BCUT2D eigenvalue weighted by Crippen LogP contribution is -2.16. The molecule has 1 aromatic rings. The van der Waals surface area contributed by atoms with Gasteiger partial charge in [0, 0.05) is 18.2 Å². The Bertz CT molecular complexity index is 410. The predicted octanol–water partition coefficient (Wildman–Crippen LogP) is 1.77. The number of carbonyl (C=O) groups is 2. The van der Waals surface area contributed by atoms with Crippen molar-refractivity contribution < 1.29 is 9.59 Å². The molecule has 0 aliphatic carbocycles. The van der Waals surface area contributed by atoms with Gasteiger partial charge in [0.05, 0.1) is 6.42 Å². The fourth-order valence-electron chi connectivity index (χ4n) is 1.17. The molecule has 0 unspecified atom stereocenters. The zero-order valence-electron chi connectivity index (χ0n) is 9.36. The van der Waals surface area contributed by atoms with Crippen LogP contribution in [-0.2, 0) is 4.79 Å². The Hall–Kier alpha value is -1.97. The number of nitrogens with one attached hydrogen (secondary N) is 1. The normalized spacial score (nSPS) is 11.0. The standard InChI is InChI=1S/C12H14N2O2/c1-9(13-14-10(2)15)8-12(16)11-6-4-3-5-7-11/h3-7H,8H2,1-2H3,(H,14,15). The van der Waals surface area contributed by atoms with Crippen molar-refractivity contribution in [3.05, 3.63) is 35.9 Å². The molecular weight excluding hydrogens is 204 g/mol. The molecule has 1 aromatic carbocycles. The largest absolute Gasteiger partial charge is 0.294 e. The fourth-order valence-corrected chi connectivity index (χ4v) is 1.17. The Morgan fingerprint density at radius 1 is 1.19 bits per heavy atom. The van der Waals surface area contributed by atoms with Crippen LogP contribution >= 0.6 is 0 Å². The molecule has 0 aliphatic heterocycles. The lowest BCUT2D eigenvalue weighted by atomic mass is 10.1. The fraction of sp³-hybridized carbons (Fsp3) is 0.250. The van der Waals surface area contributed by atoms with E-state index in [1.165, 1.54) is 6.92 Å². The molecule has 0 aromatic heterocycles. The summed E-state index contributed by atoms with van der Waals surface area (Å²) in [6.45, 7) is 3.08. The second-order valence-electron chi connectivity index (χ2n) is 3.48.